The number of fused-ring (bicyclic) bond motifs is 19. The van der Waals surface area contributed by atoms with E-state index in [0.717, 1.165) is 39.0 Å². The summed E-state index contributed by atoms with van der Waals surface area (Å²) < 4.78 is 6.59. The molecule has 0 saturated heterocycles. The van der Waals surface area contributed by atoms with Gasteiger partial charge in [-0.05, 0) is 108 Å². The van der Waals surface area contributed by atoms with E-state index in [9.17, 15) is 0 Å². The van der Waals surface area contributed by atoms with Crippen molar-refractivity contribution in [2.24, 2.45) is 0 Å². The molecule has 0 atom stereocenters. The Morgan fingerprint density at radius 3 is 1.44 bits per heavy atom. The topological polar surface area (TPSA) is 16.4 Å². The summed E-state index contributed by atoms with van der Waals surface area (Å²) in [7, 11) is 0. The molecule has 10 aromatic carbocycles. The molecule has 1 aromatic heterocycles. The molecular formula is C55H33NO. The Balaban J connectivity index is 1.20. The summed E-state index contributed by atoms with van der Waals surface area (Å²) in [4.78, 5) is 2.53. The van der Waals surface area contributed by atoms with E-state index in [-0.39, 0.29) is 0 Å². The summed E-state index contributed by atoms with van der Waals surface area (Å²) in [6.07, 6.45) is 0. The van der Waals surface area contributed by atoms with Crippen LogP contribution in [0.4, 0.5) is 17.1 Å². The van der Waals surface area contributed by atoms with E-state index in [1.165, 1.54) is 76.8 Å². The van der Waals surface area contributed by atoms with Crippen LogP contribution in [0.15, 0.2) is 205 Å². The highest BCUT2D eigenvalue weighted by Gasteiger charge is 2.53. The second-order valence-corrected chi connectivity index (χ2v) is 15.5. The lowest BCUT2D eigenvalue weighted by atomic mass is 9.70. The number of hydrogen-bond acceptors (Lipinski definition) is 2. The highest BCUT2D eigenvalue weighted by molar-refractivity contribution is 6.26. The van der Waals surface area contributed by atoms with Crippen molar-refractivity contribution in [2.45, 2.75) is 5.41 Å². The maximum atomic E-state index is 6.59. The lowest BCUT2D eigenvalue weighted by Crippen LogP contribution is -2.28. The van der Waals surface area contributed by atoms with Gasteiger partial charge >= 0.3 is 0 Å². The molecule has 0 fully saturated rings. The minimum Gasteiger partial charge on any atom is -0.456 e. The molecule has 13 rings (SSSR count). The Labute approximate surface area is 329 Å². The van der Waals surface area contributed by atoms with Crippen molar-refractivity contribution in [3.63, 3.8) is 0 Å². The van der Waals surface area contributed by atoms with Crippen LogP contribution in [0.5, 0.6) is 0 Å². The van der Waals surface area contributed by atoms with Crippen molar-refractivity contribution < 1.29 is 4.42 Å². The van der Waals surface area contributed by atoms with E-state index in [1.807, 2.05) is 0 Å². The Morgan fingerprint density at radius 1 is 0.333 bits per heavy atom. The van der Waals surface area contributed by atoms with Crippen LogP contribution in [0, 0.1) is 0 Å². The van der Waals surface area contributed by atoms with Crippen molar-refractivity contribution in [1.29, 1.82) is 0 Å². The van der Waals surface area contributed by atoms with Crippen molar-refractivity contribution in [2.75, 3.05) is 4.90 Å². The van der Waals surface area contributed by atoms with Crippen LogP contribution in [-0.2, 0) is 5.41 Å². The summed E-state index contributed by atoms with van der Waals surface area (Å²) in [5, 5.41) is 9.75. The van der Waals surface area contributed by atoms with Gasteiger partial charge in [0.15, 0.2) is 0 Å². The number of benzene rings is 10. The first-order chi connectivity index (χ1) is 28.3. The zero-order chi connectivity index (χ0) is 37.2. The summed E-state index contributed by atoms with van der Waals surface area (Å²) in [5.74, 6) is 0. The average Bonchev–Trinajstić information content (AvgIpc) is 3.91. The maximum absolute atomic E-state index is 6.59. The normalized spacial score (nSPS) is 13.4. The third-order valence-corrected chi connectivity index (χ3v) is 12.8. The van der Waals surface area contributed by atoms with Gasteiger partial charge in [-0.1, -0.05) is 164 Å². The van der Waals surface area contributed by atoms with E-state index in [2.05, 4.69) is 205 Å². The van der Waals surface area contributed by atoms with Gasteiger partial charge in [0.05, 0.1) is 22.2 Å². The van der Waals surface area contributed by atoms with Crippen LogP contribution in [-0.4, -0.2) is 0 Å². The minimum absolute atomic E-state index is 0.528. The molecule has 2 aliphatic rings. The largest absolute Gasteiger partial charge is 0.456 e. The third kappa shape index (κ3) is 3.94. The molecule has 2 aliphatic carbocycles. The highest BCUT2D eigenvalue weighted by atomic mass is 16.3. The number of furan rings is 1. The third-order valence-electron chi connectivity index (χ3n) is 12.8. The molecule has 2 nitrogen and oxygen atoms in total. The number of para-hydroxylation sites is 1. The first-order valence-corrected chi connectivity index (χ1v) is 19.8. The summed E-state index contributed by atoms with van der Waals surface area (Å²) in [5.41, 5.74) is 15.0. The van der Waals surface area contributed by atoms with E-state index in [0.29, 0.717) is 0 Å². The van der Waals surface area contributed by atoms with Crippen LogP contribution >= 0.6 is 0 Å². The molecule has 1 spiro atoms. The second-order valence-electron chi connectivity index (χ2n) is 15.5. The zero-order valence-electron chi connectivity index (χ0n) is 30.9. The summed E-state index contributed by atoms with van der Waals surface area (Å²) in [6.45, 7) is 0. The molecule has 0 radical (unpaired) electrons. The van der Waals surface area contributed by atoms with Gasteiger partial charge in [0, 0.05) is 16.6 Å². The zero-order valence-corrected chi connectivity index (χ0v) is 30.9. The van der Waals surface area contributed by atoms with Gasteiger partial charge in [-0.25, -0.2) is 0 Å². The van der Waals surface area contributed by atoms with Gasteiger partial charge < -0.3 is 9.32 Å². The van der Waals surface area contributed by atoms with Gasteiger partial charge in [-0.2, -0.15) is 0 Å². The lowest BCUT2D eigenvalue weighted by Gasteiger charge is -2.36. The molecule has 1 heterocycles. The molecule has 0 amide bonds. The minimum atomic E-state index is -0.528. The van der Waals surface area contributed by atoms with E-state index < -0.39 is 5.41 Å². The SMILES string of the molecule is c1ccc2c(c1)-c1ccccc1C21c2ccccc2-c2cccc(N(c3ccc4c5ccccc5c5ccccc5c4c3)c3cccc4oc5ccccc5c34)c21. The van der Waals surface area contributed by atoms with Crippen LogP contribution < -0.4 is 4.90 Å². The molecule has 0 bridgehead atoms. The van der Waals surface area contributed by atoms with Gasteiger partial charge in [-0.3, -0.25) is 0 Å². The van der Waals surface area contributed by atoms with E-state index >= 15 is 0 Å². The standard InChI is InChI=1S/C55H33NO/c1-2-17-37-35(15-1)36-16-3-4-18-38(36)45-33-34(31-32-39(37)45)56(49-27-14-30-52-53(49)44-22-8-12-29-51(44)57-52)50-28-13-23-43-42-21-7-11-26-48(42)55(54(43)50)46-24-9-5-19-40(46)41-20-6-10-25-47(41)55/h1-33H. The molecular weight excluding hydrogens is 691 g/mol. The van der Waals surface area contributed by atoms with Crippen LogP contribution in [0.25, 0.3) is 76.5 Å². The highest BCUT2D eigenvalue weighted by Crippen LogP contribution is 2.65. The number of rotatable bonds is 3. The molecule has 2 heteroatoms. The number of hydrogen-bond donors (Lipinski definition) is 0. The maximum Gasteiger partial charge on any atom is 0.137 e. The predicted molar refractivity (Wildman–Crippen MR) is 237 cm³/mol. The van der Waals surface area contributed by atoms with Crippen molar-refractivity contribution >= 4 is 71.3 Å². The Morgan fingerprint density at radius 2 is 0.789 bits per heavy atom. The van der Waals surface area contributed by atoms with Crippen molar-refractivity contribution in [1.82, 2.24) is 0 Å². The number of nitrogens with zero attached hydrogens (tertiary/aromatic N) is 1. The summed E-state index contributed by atoms with van der Waals surface area (Å²) >= 11 is 0. The molecule has 57 heavy (non-hydrogen) atoms. The molecule has 0 aliphatic heterocycles. The molecule has 0 N–H and O–H groups in total. The van der Waals surface area contributed by atoms with Crippen LogP contribution in [0.2, 0.25) is 0 Å². The smallest absolute Gasteiger partial charge is 0.137 e. The first kappa shape index (κ1) is 30.9. The first-order valence-electron chi connectivity index (χ1n) is 19.8. The fourth-order valence-corrected chi connectivity index (χ4v) is 10.7. The molecule has 11 aromatic rings. The van der Waals surface area contributed by atoms with E-state index in [4.69, 9.17) is 4.42 Å². The van der Waals surface area contributed by atoms with Crippen molar-refractivity contribution in [3.8, 4) is 22.3 Å². The lowest BCUT2D eigenvalue weighted by molar-refractivity contribution is 0.669. The monoisotopic (exact) mass is 723 g/mol. The van der Waals surface area contributed by atoms with Crippen LogP contribution in [0.1, 0.15) is 22.3 Å². The second kappa shape index (κ2) is 11.3. The van der Waals surface area contributed by atoms with Crippen molar-refractivity contribution in [3.05, 3.63) is 222 Å². The Kier molecular flexibility index (Phi) is 6.13. The van der Waals surface area contributed by atoms with Crippen LogP contribution in [0.3, 0.4) is 0 Å². The van der Waals surface area contributed by atoms with Gasteiger partial charge in [0.1, 0.15) is 11.2 Å². The quantitative estimate of drug-likeness (QED) is 0.169. The summed E-state index contributed by atoms with van der Waals surface area (Å²) in [6, 6.07) is 73.9. The van der Waals surface area contributed by atoms with E-state index in [1.54, 1.807) is 0 Å². The Hall–Kier alpha value is -7.42. The fraction of sp³-hybridized carbons (Fsp3) is 0.0182. The van der Waals surface area contributed by atoms with Gasteiger partial charge in [0.25, 0.3) is 0 Å². The molecule has 264 valence electrons. The molecule has 0 unspecified atom stereocenters. The average molecular weight is 724 g/mol. The molecule has 0 saturated carbocycles. The fourth-order valence-electron chi connectivity index (χ4n) is 10.7. The number of anilines is 3. The Bertz CT molecular complexity index is 3400. The van der Waals surface area contributed by atoms with Gasteiger partial charge in [0.2, 0.25) is 0 Å². The van der Waals surface area contributed by atoms with Gasteiger partial charge in [-0.15, -0.1) is 0 Å². The predicted octanol–water partition coefficient (Wildman–Crippen LogP) is 14.9.